The predicted molar refractivity (Wildman–Crippen MR) is 107 cm³/mol. The highest BCUT2D eigenvalue weighted by Crippen LogP contribution is 2.42. The first-order chi connectivity index (χ1) is 13.6. The van der Waals surface area contributed by atoms with Crippen molar-refractivity contribution in [2.24, 2.45) is 0 Å². The van der Waals surface area contributed by atoms with Gasteiger partial charge in [-0.3, -0.25) is 10.1 Å². The van der Waals surface area contributed by atoms with E-state index in [1.165, 1.54) is 26.4 Å². The van der Waals surface area contributed by atoms with E-state index in [1.807, 2.05) is 27.7 Å². The van der Waals surface area contributed by atoms with Crippen LogP contribution in [0.2, 0.25) is 0 Å². The number of hydrogen-bond acceptors (Lipinski definition) is 7. The zero-order chi connectivity index (χ0) is 21.8. The molecular formula is C21H25NO7. The summed E-state index contributed by atoms with van der Waals surface area (Å²) in [5, 5.41) is 11.0. The Hall–Kier alpha value is -2.97. The first-order valence-electron chi connectivity index (χ1n) is 8.93. The topological polar surface area (TPSA) is 97.1 Å². The van der Waals surface area contributed by atoms with E-state index in [4.69, 9.17) is 19.2 Å². The molecule has 8 heteroatoms. The highest BCUT2D eigenvalue weighted by Gasteiger charge is 2.33. The van der Waals surface area contributed by atoms with Gasteiger partial charge in [0, 0.05) is 23.3 Å². The molecular weight excluding hydrogens is 378 g/mol. The fourth-order valence-corrected chi connectivity index (χ4v) is 2.93. The van der Waals surface area contributed by atoms with Crippen molar-refractivity contribution < 1.29 is 29.0 Å². The van der Waals surface area contributed by atoms with Gasteiger partial charge in [0.05, 0.1) is 24.7 Å². The number of non-ortho nitro benzene ring substituents is 1. The number of aryl methyl sites for hydroxylation is 1. The van der Waals surface area contributed by atoms with Crippen molar-refractivity contribution in [1.82, 2.24) is 0 Å². The number of carbonyl (C=O) groups is 1. The fourth-order valence-electron chi connectivity index (χ4n) is 2.93. The monoisotopic (exact) mass is 403 g/mol. The molecule has 29 heavy (non-hydrogen) atoms. The molecule has 1 unspecified atom stereocenters. The van der Waals surface area contributed by atoms with Gasteiger partial charge in [-0.2, -0.15) is 4.89 Å². The van der Waals surface area contributed by atoms with E-state index in [1.54, 1.807) is 24.3 Å². The Labute approximate surface area is 169 Å². The van der Waals surface area contributed by atoms with Crippen LogP contribution in [0.3, 0.4) is 0 Å². The second kappa shape index (κ2) is 9.02. The number of ether oxygens (including phenoxy) is 2. The predicted octanol–water partition coefficient (Wildman–Crippen LogP) is 4.54. The highest BCUT2D eigenvalue weighted by molar-refractivity contribution is 5.85. The Bertz CT molecular complexity index is 885. The lowest BCUT2D eigenvalue weighted by atomic mass is 9.91. The van der Waals surface area contributed by atoms with Crippen molar-refractivity contribution in [1.29, 1.82) is 0 Å². The normalized spacial score (nSPS) is 12.3. The third-order valence-corrected chi connectivity index (χ3v) is 4.11. The van der Waals surface area contributed by atoms with E-state index >= 15 is 0 Å². The van der Waals surface area contributed by atoms with Crippen LogP contribution in [0, 0.1) is 17.0 Å². The van der Waals surface area contributed by atoms with Crippen molar-refractivity contribution >= 4 is 11.7 Å². The number of rotatable bonds is 7. The van der Waals surface area contributed by atoms with Gasteiger partial charge in [-0.25, -0.2) is 4.79 Å². The van der Waals surface area contributed by atoms with Crippen LogP contribution in [0.1, 0.15) is 38.0 Å². The molecule has 8 nitrogen and oxygen atoms in total. The van der Waals surface area contributed by atoms with Gasteiger partial charge in [0.1, 0.15) is 0 Å². The van der Waals surface area contributed by atoms with Crippen LogP contribution < -0.4 is 4.89 Å². The molecule has 0 saturated heterocycles. The standard InChI is InChI=1S/C21H25NO7/c1-13-7-12-16(29-27-6)18(14-8-10-15(11-9-14)22(24)25)17(13)19(20(23)26-5)28-21(2,3)4/h7-12,19H,1-6H3. The molecule has 2 aromatic carbocycles. The van der Waals surface area contributed by atoms with E-state index in [0.717, 1.165) is 5.56 Å². The fraction of sp³-hybridized carbons (Fsp3) is 0.381. The molecule has 0 radical (unpaired) electrons. The quantitative estimate of drug-likeness (QED) is 0.290. The molecule has 0 N–H and O–H groups in total. The summed E-state index contributed by atoms with van der Waals surface area (Å²) in [5.74, 6) is -0.228. The van der Waals surface area contributed by atoms with Crippen LogP contribution in [-0.4, -0.2) is 30.7 Å². The molecule has 156 valence electrons. The molecule has 0 saturated carbocycles. The summed E-state index contributed by atoms with van der Waals surface area (Å²) >= 11 is 0. The molecule has 2 aromatic rings. The summed E-state index contributed by atoms with van der Waals surface area (Å²) in [5.41, 5.74) is 1.74. The maximum Gasteiger partial charge on any atom is 0.339 e. The minimum atomic E-state index is -1.04. The smallest absolute Gasteiger partial charge is 0.339 e. The van der Waals surface area contributed by atoms with Crippen molar-refractivity contribution in [2.45, 2.75) is 39.4 Å². The lowest BCUT2D eigenvalue weighted by Gasteiger charge is -2.29. The minimum absolute atomic E-state index is 0.0485. The van der Waals surface area contributed by atoms with Crippen molar-refractivity contribution in [2.75, 3.05) is 14.2 Å². The molecule has 0 spiro atoms. The van der Waals surface area contributed by atoms with Crippen molar-refractivity contribution in [3.63, 3.8) is 0 Å². The van der Waals surface area contributed by atoms with Crippen LogP contribution in [-0.2, 0) is 19.2 Å². The van der Waals surface area contributed by atoms with Crippen LogP contribution in [0.15, 0.2) is 36.4 Å². The number of methoxy groups -OCH3 is 1. The maximum absolute atomic E-state index is 12.6. The van der Waals surface area contributed by atoms with Gasteiger partial charge in [-0.1, -0.05) is 6.07 Å². The third-order valence-electron chi connectivity index (χ3n) is 4.11. The highest BCUT2D eigenvalue weighted by atomic mass is 17.2. The van der Waals surface area contributed by atoms with Crippen LogP contribution in [0.4, 0.5) is 5.69 Å². The number of nitrogens with zero attached hydrogens (tertiary/aromatic N) is 1. The Morgan fingerprint density at radius 2 is 1.69 bits per heavy atom. The number of esters is 1. The summed E-state index contributed by atoms with van der Waals surface area (Å²) in [6, 6.07) is 9.42. The number of nitro groups is 1. The largest absolute Gasteiger partial charge is 0.467 e. The van der Waals surface area contributed by atoms with Gasteiger partial charge in [-0.15, -0.1) is 0 Å². The molecule has 0 aromatic heterocycles. The summed E-state index contributed by atoms with van der Waals surface area (Å²) in [6.45, 7) is 7.33. The average Bonchev–Trinajstić information content (AvgIpc) is 2.66. The van der Waals surface area contributed by atoms with Gasteiger partial charge in [0.2, 0.25) is 0 Å². The number of benzene rings is 2. The van der Waals surface area contributed by atoms with Crippen LogP contribution in [0.5, 0.6) is 5.75 Å². The van der Waals surface area contributed by atoms with Gasteiger partial charge in [0.25, 0.3) is 5.69 Å². The van der Waals surface area contributed by atoms with Crippen LogP contribution in [0.25, 0.3) is 11.1 Å². The molecule has 0 aliphatic heterocycles. The van der Waals surface area contributed by atoms with Crippen molar-refractivity contribution in [3.05, 3.63) is 57.6 Å². The molecule has 0 fully saturated rings. The van der Waals surface area contributed by atoms with Crippen LogP contribution >= 0.6 is 0 Å². The van der Waals surface area contributed by atoms with Gasteiger partial charge < -0.3 is 14.4 Å². The zero-order valence-corrected chi connectivity index (χ0v) is 17.3. The molecule has 0 heterocycles. The number of carbonyl (C=O) groups excluding carboxylic acids is 1. The lowest BCUT2D eigenvalue weighted by Crippen LogP contribution is -2.29. The molecule has 0 aliphatic rings. The second-order valence-corrected chi connectivity index (χ2v) is 7.36. The molecule has 0 bridgehead atoms. The zero-order valence-electron chi connectivity index (χ0n) is 17.3. The molecule has 0 aliphatic carbocycles. The molecule has 2 rings (SSSR count). The Morgan fingerprint density at radius 1 is 1.07 bits per heavy atom. The number of nitro benzene ring substituents is 1. The second-order valence-electron chi connectivity index (χ2n) is 7.36. The Kier molecular flexibility index (Phi) is 6.94. The number of hydrogen-bond donors (Lipinski definition) is 0. The summed E-state index contributed by atoms with van der Waals surface area (Å²) < 4.78 is 11.0. The molecule has 0 amide bonds. The van der Waals surface area contributed by atoms with E-state index < -0.39 is 22.6 Å². The van der Waals surface area contributed by atoms with E-state index in [2.05, 4.69) is 0 Å². The summed E-state index contributed by atoms with van der Waals surface area (Å²) in [4.78, 5) is 33.3. The lowest BCUT2D eigenvalue weighted by molar-refractivity contribution is -0.384. The summed E-state index contributed by atoms with van der Waals surface area (Å²) in [6.07, 6.45) is -1.04. The SMILES string of the molecule is COOc1ccc(C)c(C(OC(C)(C)C)C(=O)OC)c1-c1ccc([N+](=O)[O-])cc1. The Balaban J connectivity index is 2.77. The average molecular weight is 403 g/mol. The molecule has 1 atom stereocenters. The Morgan fingerprint density at radius 3 is 2.17 bits per heavy atom. The van der Waals surface area contributed by atoms with Gasteiger partial charge in [0.15, 0.2) is 11.9 Å². The minimum Gasteiger partial charge on any atom is -0.467 e. The van der Waals surface area contributed by atoms with E-state index in [9.17, 15) is 14.9 Å². The van der Waals surface area contributed by atoms with Crippen molar-refractivity contribution in [3.8, 4) is 16.9 Å². The first-order valence-corrected chi connectivity index (χ1v) is 8.93. The maximum atomic E-state index is 12.6. The first kappa shape index (κ1) is 22.3. The summed E-state index contributed by atoms with van der Waals surface area (Å²) in [7, 11) is 2.65. The third kappa shape index (κ3) is 5.30. The van der Waals surface area contributed by atoms with Gasteiger partial charge >= 0.3 is 5.97 Å². The van der Waals surface area contributed by atoms with E-state index in [0.29, 0.717) is 22.4 Å². The van der Waals surface area contributed by atoms with E-state index in [-0.39, 0.29) is 5.69 Å². The van der Waals surface area contributed by atoms with Gasteiger partial charge in [-0.05, 0) is 57.0 Å².